The third-order valence-corrected chi connectivity index (χ3v) is 3.38. The first-order valence-electron chi connectivity index (χ1n) is 6.57. The van der Waals surface area contributed by atoms with Gasteiger partial charge >= 0.3 is 0 Å². The van der Waals surface area contributed by atoms with E-state index in [9.17, 15) is 5.26 Å². The average Bonchev–Trinajstić information content (AvgIpc) is 2.35. The van der Waals surface area contributed by atoms with Crippen molar-refractivity contribution in [2.75, 3.05) is 0 Å². The molecular weight excluding hydrogens is 206 g/mol. The monoisotopic (exact) mass is 229 g/mol. The molecule has 92 valence electrons. The minimum absolute atomic E-state index is 0.0426. The summed E-state index contributed by atoms with van der Waals surface area (Å²) in [4.78, 5) is 0. The third-order valence-electron chi connectivity index (χ3n) is 3.38. The lowest BCUT2D eigenvalue weighted by molar-refractivity contribution is 0.555. The Labute approximate surface area is 105 Å². The van der Waals surface area contributed by atoms with Crippen molar-refractivity contribution in [2.24, 2.45) is 5.92 Å². The summed E-state index contributed by atoms with van der Waals surface area (Å²) in [7, 11) is 0. The van der Waals surface area contributed by atoms with Gasteiger partial charge in [0.15, 0.2) is 0 Å². The zero-order valence-corrected chi connectivity index (χ0v) is 11.4. The molecule has 0 N–H and O–H groups in total. The van der Waals surface area contributed by atoms with Crippen LogP contribution >= 0.6 is 0 Å². The van der Waals surface area contributed by atoms with Gasteiger partial charge in [0.2, 0.25) is 0 Å². The molecule has 0 radical (unpaired) electrons. The van der Waals surface area contributed by atoms with Crippen LogP contribution in [0.25, 0.3) is 0 Å². The maximum absolute atomic E-state index is 9.20. The maximum Gasteiger partial charge on any atom is 0.0715 e. The van der Waals surface area contributed by atoms with E-state index in [1.807, 2.05) is 0 Å². The van der Waals surface area contributed by atoms with Gasteiger partial charge in [0.05, 0.1) is 12.0 Å². The van der Waals surface area contributed by atoms with E-state index in [4.69, 9.17) is 0 Å². The SMILES string of the molecule is CCC(C)c1ccc(C(C#N)CC(C)C)cc1. The van der Waals surface area contributed by atoms with E-state index >= 15 is 0 Å². The second kappa shape index (κ2) is 6.45. The average molecular weight is 229 g/mol. The highest BCUT2D eigenvalue weighted by atomic mass is 14.3. The summed E-state index contributed by atoms with van der Waals surface area (Å²) in [5.74, 6) is 1.21. The Bertz CT molecular complexity index is 370. The Kier molecular flexibility index (Phi) is 5.22. The predicted octanol–water partition coefficient (Wildman–Crippen LogP) is 4.85. The lowest BCUT2D eigenvalue weighted by atomic mass is 9.89. The molecule has 0 aliphatic rings. The topological polar surface area (TPSA) is 23.8 Å². The summed E-state index contributed by atoms with van der Waals surface area (Å²) in [5, 5.41) is 9.20. The third kappa shape index (κ3) is 3.89. The molecule has 0 fully saturated rings. The number of hydrogen-bond donors (Lipinski definition) is 0. The van der Waals surface area contributed by atoms with Crippen molar-refractivity contribution in [2.45, 2.75) is 52.4 Å². The van der Waals surface area contributed by atoms with Gasteiger partial charge in [-0.2, -0.15) is 5.26 Å². The predicted molar refractivity (Wildman–Crippen MR) is 73.0 cm³/mol. The molecule has 1 aromatic rings. The number of benzene rings is 1. The summed E-state index contributed by atoms with van der Waals surface area (Å²) >= 11 is 0. The molecule has 2 atom stereocenters. The Morgan fingerprint density at radius 1 is 1.06 bits per heavy atom. The maximum atomic E-state index is 9.20. The van der Waals surface area contributed by atoms with Crippen molar-refractivity contribution in [1.29, 1.82) is 5.26 Å². The fraction of sp³-hybridized carbons (Fsp3) is 0.562. The molecule has 0 spiro atoms. The summed E-state index contributed by atoms with van der Waals surface area (Å²) in [6.45, 7) is 8.77. The second-order valence-corrected chi connectivity index (χ2v) is 5.29. The van der Waals surface area contributed by atoms with Crippen LogP contribution in [0, 0.1) is 17.2 Å². The molecule has 2 unspecified atom stereocenters. The first-order chi connectivity index (χ1) is 8.08. The van der Waals surface area contributed by atoms with E-state index in [1.54, 1.807) is 0 Å². The molecule has 0 amide bonds. The van der Waals surface area contributed by atoms with Gasteiger partial charge in [-0.3, -0.25) is 0 Å². The fourth-order valence-corrected chi connectivity index (χ4v) is 2.03. The molecule has 1 aromatic carbocycles. The van der Waals surface area contributed by atoms with Crippen LogP contribution in [0.15, 0.2) is 24.3 Å². The minimum atomic E-state index is 0.0426. The van der Waals surface area contributed by atoms with Crippen LogP contribution in [0.5, 0.6) is 0 Å². The van der Waals surface area contributed by atoms with Gasteiger partial charge in [0, 0.05) is 0 Å². The largest absolute Gasteiger partial charge is 0.198 e. The fourth-order valence-electron chi connectivity index (χ4n) is 2.03. The van der Waals surface area contributed by atoms with Gasteiger partial charge in [-0.15, -0.1) is 0 Å². The van der Waals surface area contributed by atoms with Crippen LogP contribution < -0.4 is 0 Å². The molecule has 0 saturated heterocycles. The highest BCUT2D eigenvalue weighted by Crippen LogP contribution is 2.25. The quantitative estimate of drug-likeness (QED) is 0.707. The Hall–Kier alpha value is -1.29. The van der Waals surface area contributed by atoms with Gasteiger partial charge in [-0.25, -0.2) is 0 Å². The zero-order chi connectivity index (χ0) is 12.8. The number of rotatable bonds is 5. The highest BCUT2D eigenvalue weighted by molar-refractivity contribution is 5.30. The molecule has 0 bridgehead atoms. The van der Waals surface area contributed by atoms with Gasteiger partial charge in [0.1, 0.15) is 0 Å². The van der Waals surface area contributed by atoms with Crippen LogP contribution in [-0.4, -0.2) is 0 Å². The zero-order valence-electron chi connectivity index (χ0n) is 11.4. The minimum Gasteiger partial charge on any atom is -0.198 e. The van der Waals surface area contributed by atoms with Crippen LogP contribution in [0.1, 0.15) is 63.5 Å². The highest BCUT2D eigenvalue weighted by Gasteiger charge is 2.12. The molecule has 1 nitrogen and oxygen atoms in total. The normalized spacial score (nSPS) is 14.4. The van der Waals surface area contributed by atoms with Crippen molar-refractivity contribution in [1.82, 2.24) is 0 Å². The van der Waals surface area contributed by atoms with Crippen LogP contribution in [0.3, 0.4) is 0 Å². The van der Waals surface area contributed by atoms with Crippen LogP contribution in [0.2, 0.25) is 0 Å². The molecule has 0 aliphatic carbocycles. The molecular formula is C16H23N. The standard InChI is InChI=1S/C16H23N/c1-5-13(4)14-6-8-15(9-7-14)16(11-17)10-12(2)3/h6-9,12-13,16H,5,10H2,1-4H3. The van der Waals surface area contributed by atoms with Crippen molar-refractivity contribution in [3.8, 4) is 6.07 Å². The van der Waals surface area contributed by atoms with Crippen LogP contribution in [0.4, 0.5) is 0 Å². The Morgan fingerprint density at radius 3 is 2.00 bits per heavy atom. The molecule has 0 aromatic heterocycles. The van der Waals surface area contributed by atoms with Crippen LogP contribution in [-0.2, 0) is 0 Å². The molecule has 0 aliphatic heterocycles. The van der Waals surface area contributed by atoms with Crippen molar-refractivity contribution in [3.05, 3.63) is 35.4 Å². The summed E-state index contributed by atoms with van der Waals surface area (Å²) < 4.78 is 0. The van der Waals surface area contributed by atoms with Crippen molar-refractivity contribution in [3.63, 3.8) is 0 Å². The summed E-state index contributed by atoms with van der Waals surface area (Å²) in [5.41, 5.74) is 2.53. The number of hydrogen-bond acceptors (Lipinski definition) is 1. The van der Waals surface area contributed by atoms with E-state index < -0.39 is 0 Å². The molecule has 1 heteroatoms. The van der Waals surface area contributed by atoms with Gasteiger partial charge in [0.25, 0.3) is 0 Å². The van der Waals surface area contributed by atoms with Gasteiger partial charge in [-0.1, -0.05) is 52.0 Å². The van der Waals surface area contributed by atoms with E-state index in [1.165, 1.54) is 5.56 Å². The first-order valence-corrected chi connectivity index (χ1v) is 6.57. The first kappa shape index (κ1) is 13.8. The van der Waals surface area contributed by atoms with E-state index in [-0.39, 0.29) is 5.92 Å². The van der Waals surface area contributed by atoms with Crippen molar-refractivity contribution < 1.29 is 0 Å². The number of nitrogens with zero attached hydrogens (tertiary/aromatic N) is 1. The Morgan fingerprint density at radius 2 is 1.59 bits per heavy atom. The molecule has 1 rings (SSSR count). The van der Waals surface area contributed by atoms with Gasteiger partial charge in [-0.05, 0) is 35.8 Å². The smallest absolute Gasteiger partial charge is 0.0715 e. The summed E-state index contributed by atoms with van der Waals surface area (Å²) in [6.07, 6.45) is 2.10. The van der Waals surface area contributed by atoms with E-state index in [0.717, 1.165) is 18.4 Å². The molecule has 17 heavy (non-hydrogen) atoms. The van der Waals surface area contributed by atoms with E-state index in [0.29, 0.717) is 11.8 Å². The Balaban J connectivity index is 2.82. The molecule has 0 heterocycles. The lowest BCUT2D eigenvalue weighted by Gasteiger charge is -2.14. The number of nitriles is 1. The lowest BCUT2D eigenvalue weighted by Crippen LogP contribution is -2.01. The van der Waals surface area contributed by atoms with E-state index in [2.05, 4.69) is 58.0 Å². The van der Waals surface area contributed by atoms with Crippen molar-refractivity contribution >= 4 is 0 Å². The summed E-state index contributed by atoms with van der Waals surface area (Å²) in [6, 6.07) is 11.0. The molecule has 0 saturated carbocycles. The van der Waals surface area contributed by atoms with Gasteiger partial charge < -0.3 is 0 Å². The second-order valence-electron chi connectivity index (χ2n) is 5.29.